The van der Waals surface area contributed by atoms with Crippen LogP contribution in [0, 0.1) is 0 Å². The van der Waals surface area contributed by atoms with Crippen molar-refractivity contribution in [1.82, 2.24) is 0 Å². The molecule has 0 bridgehead atoms. The second-order valence-corrected chi connectivity index (χ2v) is 8.04. The molecule has 0 saturated carbocycles. The summed E-state index contributed by atoms with van der Waals surface area (Å²) in [5.41, 5.74) is 4.80. The maximum Gasteiger partial charge on any atom is 0.184 e. The third-order valence-corrected chi connectivity index (χ3v) is 5.60. The number of sulfone groups is 1. The van der Waals surface area contributed by atoms with Gasteiger partial charge in [-0.05, 0) is 42.0 Å². The first kappa shape index (κ1) is 18.2. The van der Waals surface area contributed by atoms with E-state index < -0.39 is 9.84 Å². The van der Waals surface area contributed by atoms with E-state index in [-0.39, 0.29) is 10.6 Å². The van der Waals surface area contributed by atoms with E-state index in [2.05, 4.69) is 10.5 Å². The summed E-state index contributed by atoms with van der Waals surface area (Å²) in [6.45, 7) is 0. The van der Waals surface area contributed by atoms with Crippen molar-refractivity contribution in [2.75, 3.05) is 11.2 Å². The van der Waals surface area contributed by atoms with E-state index in [1.165, 1.54) is 0 Å². The van der Waals surface area contributed by atoms with E-state index in [0.717, 1.165) is 5.69 Å². The Morgan fingerprint density at radius 2 is 1.42 bits per heavy atom. The molecular weight excluding hydrogens is 368 g/mol. The van der Waals surface area contributed by atoms with Crippen molar-refractivity contribution < 1.29 is 8.42 Å². The van der Waals surface area contributed by atoms with Crippen molar-refractivity contribution in [3.05, 3.63) is 95.5 Å². The van der Waals surface area contributed by atoms with Gasteiger partial charge in [0, 0.05) is 5.02 Å². The minimum Gasteiger partial charge on any atom is -0.278 e. The molecule has 3 rings (SSSR count). The minimum atomic E-state index is -3.53. The number of para-hydroxylation sites is 1. The van der Waals surface area contributed by atoms with Crippen LogP contribution in [0.3, 0.4) is 0 Å². The topological polar surface area (TPSA) is 58.5 Å². The van der Waals surface area contributed by atoms with Crippen LogP contribution in [0.25, 0.3) is 0 Å². The van der Waals surface area contributed by atoms with Crippen LogP contribution in [0.4, 0.5) is 5.69 Å². The smallest absolute Gasteiger partial charge is 0.184 e. The van der Waals surface area contributed by atoms with Crippen LogP contribution in [0.1, 0.15) is 5.56 Å². The van der Waals surface area contributed by atoms with Crippen LogP contribution in [0.2, 0.25) is 5.02 Å². The predicted octanol–water partition coefficient (Wildman–Crippen LogP) is 4.63. The highest BCUT2D eigenvalue weighted by molar-refractivity contribution is 7.92. The molecule has 3 aromatic rings. The van der Waals surface area contributed by atoms with Crippen LogP contribution < -0.4 is 5.43 Å². The van der Waals surface area contributed by atoms with Crippen molar-refractivity contribution in [2.24, 2.45) is 5.10 Å². The predicted molar refractivity (Wildman–Crippen MR) is 107 cm³/mol. The van der Waals surface area contributed by atoms with Crippen molar-refractivity contribution in [3.8, 4) is 0 Å². The average Bonchev–Trinajstić information content (AvgIpc) is 2.67. The van der Waals surface area contributed by atoms with Gasteiger partial charge in [-0.1, -0.05) is 60.1 Å². The molecular formula is C20H17ClN2O2S. The van der Waals surface area contributed by atoms with E-state index in [4.69, 9.17) is 11.6 Å². The van der Waals surface area contributed by atoms with Crippen molar-refractivity contribution in [1.29, 1.82) is 0 Å². The Bertz CT molecular complexity index is 987. The molecule has 26 heavy (non-hydrogen) atoms. The summed E-state index contributed by atoms with van der Waals surface area (Å²) < 4.78 is 25.5. The maximum absolute atomic E-state index is 12.8. The Labute approximate surface area is 158 Å². The Morgan fingerprint density at radius 3 is 2.04 bits per heavy atom. The zero-order chi connectivity index (χ0) is 18.4. The Hall–Kier alpha value is -2.63. The van der Waals surface area contributed by atoms with Crippen molar-refractivity contribution in [3.63, 3.8) is 0 Å². The third kappa shape index (κ3) is 4.71. The van der Waals surface area contributed by atoms with E-state index in [0.29, 0.717) is 16.3 Å². The molecule has 0 saturated heterocycles. The highest BCUT2D eigenvalue weighted by Gasteiger charge is 2.19. The Kier molecular flexibility index (Phi) is 5.71. The van der Waals surface area contributed by atoms with Crippen LogP contribution in [0.5, 0.6) is 0 Å². The largest absolute Gasteiger partial charge is 0.278 e. The molecule has 0 spiro atoms. The van der Waals surface area contributed by atoms with Crippen molar-refractivity contribution >= 4 is 32.8 Å². The van der Waals surface area contributed by atoms with Gasteiger partial charge in [0.05, 0.1) is 22.0 Å². The van der Waals surface area contributed by atoms with Crippen LogP contribution in [-0.2, 0) is 9.84 Å². The monoisotopic (exact) mass is 384 g/mol. The molecule has 0 aliphatic carbocycles. The van der Waals surface area contributed by atoms with Gasteiger partial charge in [0.25, 0.3) is 0 Å². The minimum absolute atomic E-state index is 0.224. The summed E-state index contributed by atoms with van der Waals surface area (Å²) >= 11 is 5.94. The molecule has 6 heteroatoms. The van der Waals surface area contributed by atoms with Gasteiger partial charge in [0.15, 0.2) is 9.84 Å². The standard InChI is InChI=1S/C20H17ClN2O2S/c21-17-13-11-16(12-14-17)20(23-22-18-7-3-1-4-8-18)15-26(24,25)19-9-5-2-6-10-19/h1-14,22H,15H2/b23-20-. The van der Waals surface area contributed by atoms with Gasteiger partial charge in [-0.2, -0.15) is 5.10 Å². The highest BCUT2D eigenvalue weighted by atomic mass is 35.5. The Morgan fingerprint density at radius 1 is 0.846 bits per heavy atom. The first-order chi connectivity index (χ1) is 12.5. The first-order valence-electron chi connectivity index (χ1n) is 7.96. The molecule has 0 aromatic heterocycles. The molecule has 0 aliphatic rings. The maximum atomic E-state index is 12.8. The molecule has 4 nitrogen and oxygen atoms in total. The number of anilines is 1. The molecule has 0 aliphatic heterocycles. The first-order valence-corrected chi connectivity index (χ1v) is 9.99. The summed E-state index contributed by atoms with van der Waals surface area (Å²) in [5.74, 6) is -0.224. The fourth-order valence-electron chi connectivity index (χ4n) is 2.36. The van der Waals surface area contributed by atoms with Gasteiger partial charge < -0.3 is 0 Å². The van der Waals surface area contributed by atoms with Gasteiger partial charge in [-0.15, -0.1) is 0 Å². The fraction of sp³-hybridized carbons (Fsp3) is 0.0500. The molecule has 0 heterocycles. The Balaban J connectivity index is 1.94. The van der Waals surface area contributed by atoms with E-state index >= 15 is 0 Å². The molecule has 0 unspecified atom stereocenters. The number of nitrogens with one attached hydrogen (secondary N) is 1. The summed E-state index contributed by atoms with van der Waals surface area (Å²) in [6, 6.07) is 24.7. The van der Waals surface area contributed by atoms with Gasteiger partial charge in [-0.3, -0.25) is 5.43 Å². The number of hydrazone groups is 1. The number of rotatable bonds is 6. The average molecular weight is 385 g/mol. The summed E-state index contributed by atoms with van der Waals surface area (Å²) in [7, 11) is -3.53. The lowest BCUT2D eigenvalue weighted by Crippen LogP contribution is -2.18. The molecule has 0 fully saturated rings. The normalized spacial score (nSPS) is 12.0. The zero-order valence-corrected chi connectivity index (χ0v) is 15.4. The number of hydrogen-bond acceptors (Lipinski definition) is 4. The highest BCUT2D eigenvalue weighted by Crippen LogP contribution is 2.16. The van der Waals surface area contributed by atoms with E-state index in [1.807, 2.05) is 30.3 Å². The molecule has 0 radical (unpaired) electrons. The van der Waals surface area contributed by atoms with E-state index in [1.54, 1.807) is 54.6 Å². The number of nitrogens with zero attached hydrogens (tertiary/aromatic N) is 1. The third-order valence-electron chi connectivity index (χ3n) is 3.70. The SMILES string of the molecule is O=S(=O)(C/C(=N/Nc1ccccc1)c1ccc(Cl)cc1)c1ccccc1. The van der Waals surface area contributed by atoms with E-state index in [9.17, 15) is 8.42 Å². The zero-order valence-electron chi connectivity index (χ0n) is 13.8. The number of benzene rings is 3. The molecule has 0 amide bonds. The summed E-state index contributed by atoms with van der Waals surface area (Å²) in [5, 5.41) is 4.93. The summed E-state index contributed by atoms with van der Waals surface area (Å²) in [6.07, 6.45) is 0. The fourth-order valence-corrected chi connectivity index (χ4v) is 3.81. The molecule has 1 N–H and O–H groups in total. The molecule has 0 atom stereocenters. The molecule has 3 aromatic carbocycles. The van der Waals surface area contributed by atoms with Gasteiger partial charge in [0.1, 0.15) is 0 Å². The van der Waals surface area contributed by atoms with Gasteiger partial charge in [-0.25, -0.2) is 8.42 Å². The van der Waals surface area contributed by atoms with Crippen LogP contribution in [-0.4, -0.2) is 19.9 Å². The second kappa shape index (κ2) is 8.17. The van der Waals surface area contributed by atoms with Crippen LogP contribution in [0.15, 0.2) is 94.9 Å². The van der Waals surface area contributed by atoms with Gasteiger partial charge >= 0.3 is 0 Å². The quantitative estimate of drug-likeness (QED) is 0.498. The lowest BCUT2D eigenvalue weighted by atomic mass is 10.1. The molecule has 132 valence electrons. The second-order valence-electron chi connectivity index (χ2n) is 5.62. The number of hydrogen-bond donors (Lipinski definition) is 1. The summed E-state index contributed by atoms with van der Waals surface area (Å²) in [4.78, 5) is 0.265. The number of halogens is 1. The lowest BCUT2D eigenvalue weighted by molar-refractivity contribution is 0.600. The lowest BCUT2D eigenvalue weighted by Gasteiger charge is -2.10. The van der Waals surface area contributed by atoms with Gasteiger partial charge in [0.2, 0.25) is 0 Å². The van der Waals surface area contributed by atoms with Crippen molar-refractivity contribution in [2.45, 2.75) is 4.90 Å². The van der Waals surface area contributed by atoms with Crippen LogP contribution >= 0.6 is 11.6 Å².